The predicted molar refractivity (Wildman–Crippen MR) is 67.1 cm³/mol. The Labute approximate surface area is 110 Å². The van der Waals surface area contributed by atoms with Gasteiger partial charge >= 0.3 is 5.97 Å². The number of ether oxygens (including phenoxy) is 1. The van der Waals surface area contributed by atoms with Gasteiger partial charge in [0.25, 0.3) is 0 Å². The highest BCUT2D eigenvalue weighted by atomic mass is 16.5. The van der Waals surface area contributed by atoms with Crippen molar-refractivity contribution >= 4 is 5.97 Å². The van der Waals surface area contributed by atoms with Crippen molar-refractivity contribution < 1.29 is 9.53 Å². The molecule has 2 aromatic heterocycles. The van der Waals surface area contributed by atoms with Crippen molar-refractivity contribution in [1.82, 2.24) is 19.7 Å². The van der Waals surface area contributed by atoms with E-state index in [-0.39, 0.29) is 11.9 Å². The smallest absolute Gasteiger partial charge is 0.309 e. The van der Waals surface area contributed by atoms with Gasteiger partial charge < -0.3 is 4.74 Å². The molecule has 0 amide bonds. The fourth-order valence-corrected chi connectivity index (χ4v) is 2.28. The van der Waals surface area contributed by atoms with Crippen LogP contribution in [0.15, 0.2) is 24.4 Å². The van der Waals surface area contributed by atoms with Crippen LogP contribution in [0.3, 0.4) is 0 Å². The summed E-state index contributed by atoms with van der Waals surface area (Å²) < 4.78 is 6.64. The third-order valence-corrected chi connectivity index (χ3v) is 3.30. The van der Waals surface area contributed by atoms with Gasteiger partial charge in [0.2, 0.25) is 0 Å². The summed E-state index contributed by atoms with van der Waals surface area (Å²) in [5.74, 6) is 1.15. The molecule has 1 aliphatic rings. The normalized spacial score (nSPS) is 17.8. The number of nitrogens with zero attached hydrogens (tertiary/aromatic N) is 4. The number of fused-ring (bicyclic) bond motifs is 1. The summed E-state index contributed by atoms with van der Waals surface area (Å²) in [5.41, 5.74) is 0.749. The molecule has 0 radical (unpaired) electrons. The van der Waals surface area contributed by atoms with E-state index in [9.17, 15) is 4.79 Å². The number of methoxy groups -OCH3 is 1. The van der Waals surface area contributed by atoms with Crippen LogP contribution in [-0.4, -0.2) is 32.8 Å². The highest BCUT2D eigenvalue weighted by Crippen LogP contribution is 2.22. The first-order chi connectivity index (χ1) is 9.28. The first-order valence-electron chi connectivity index (χ1n) is 6.21. The molecule has 6 heteroatoms. The van der Waals surface area contributed by atoms with Gasteiger partial charge in [-0.1, -0.05) is 6.07 Å². The first-order valence-corrected chi connectivity index (χ1v) is 6.21. The Hall–Kier alpha value is -2.24. The fourth-order valence-electron chi connectivity index (χ4n) is 2.28. The van der Waals surface area contributed by atoms with E-state index in [2.05, 4.69) is 15.1 Å². The molecule has 0 saturated carbocycles. The van der Waals surface area contributed by atoms with Gasteiger partial charge in [0.15, 0.2) is 5.82 Å². The molecule has 2 aromatic rings. The summed E-state index contributed by atoms with van der Waals surface area (Å²) in [4.78, 5) is 20.3. The van der Waals surface area contributed by atoms with Gasteiger partial charge in [-0.25, -0.2) is 9.67 Å². The summed E-state index contributed by atoms with van der Waals surface area (Å²) in [5, 5.41) is 4.43. The van der Waals surface area contributed by atoms with Crippen LogP contribution in [0.5, 0.6) is 0 Å². The van der Waals surface area contributed by atoms with E-state index in [0.717, 1.165) is 17.9 Å². The van der Waals surface area contributed by atoms with Crippen molar-refractivity contribution in [2.45, 2.75) is 19.4 Å². The Bertz CT molecular complexity index is 594. The van der Waals surface area contributed by atoms with E-state index in [0.29, 0.717) is 18.8 Å². The molecule has 0 N–H and O–H groups in total. The van der Waals surface area contributed by atoms with Gasteiger partial charge in [0.05, 0.1) is 13.0 Å². The van der Waals surface area contributed by atoms with Crippen molar-refractivity contribution in [3.8, 4) is 11.5 Å². The summed E-state index contributed by atoms with van der Waals surface area (Å²) in [6, 6.07) is 5.63. The number of hydrogen-bond donors (Lipinski definition) is 0. The average Bonchev–Trinajstić information content (AvgIpc) is 2.90. The van der Waals surface area contributed by atoms with E-state index >= 15 is 0 Å². The largest absolute Gasteiger partial charge is 0.469 e. The molecule has 1 atom stereocenters. The van der Waals surface area contributed by atoms with Crippen LogP contribution >= 0.6 is 0 Å². The average molecular weight is 258 g/mol. The number of carbonyl (C=O) groups excluding carboxylic acids is 1. The van der Waals surface area contributed by atoms with Crippen molar-refractivity contribution in [1.29, 1.82) is 0 Å². The molecule has 0 aliphatic carbocycles. The van der Waals surface area contributed by atoms with Gasteiger partial charge in [0.1, 0.15) is 11.5 Å². The third-order valence-electron chi connectivity index (χ3n) is 3.30. The second-order valence-electron chi connectivity index (χ2n) is 4.50. The second kappa shape index (κ2) is 4.79. The molecular weight excluding hydrogens is 244 g/mol. The van der Waals surface area contributed by atoms with Crippen LogP contribution in [0.1, 0.15) is 12.2 Å². The van der Waals surface area contributed by atoms with Crippen molar-refractivity contribution in [3.05, 3.63) is 30.2 Å². The maximum atomic E-state index is 11.6. The highest BCUT2D eigenvalue weighted by molar-refractivity contribution is 5.72. The second-order valence-corrected chi connectivity index (χ2v) is 4.50. The number of hydrogen-bond acceptors (Lipinski definition) is 5. The lowest BCUT2D eigenvalue weighted by Gasteiger charge is -2.19. The third kappa shape index (κ3) is 2.21. The number of pyridine rings is 1. The molecule has 0 saturated heterocycles. The molecule has 0 spiro atoms. The zero-order valence-corrected chi connectivity index (χ0v) is 10.6. The van der Waals surface area contributed by atoms with E-state index in [1.165, 1.54) is 7.11 Å². The monoisotopic (exact) mass is 258 g/mol. The molecular formula is C13H14N4O2. The van der Waals surface area contributed by atoms with Crippen LogP contribution in [0.2, 0.25) is 0 Å². The lowest BCUT2D eigenvalue weighted by Crippen LogP contribution is -2.27. The Kier molecular flexibility index (Phi) is 2.98. The van der Waals surface area contributed by atoms with Crippen LogP contribution in [0.4, 0.5) is 0 Å². The molecule has 0 aromatic carbocycles. The lowest BCUT2D eigenvalue weighted by molar-refractivity contribution is -0.146. The summed E-state index contributed by atoms with van der Waals surface area (Å²) in [7, 11) is 1.42. The minimum atomic E-state index is -0.173. The van der Waals surface area contributed by atoms with Gasteiger partial charge in [-0.3, -0.25) is 9.78 Å². The molecule has 19 heavy (non-hydrogen) atoms. The van der Waals surface area contributed by atoms with Crippen molar-refractivity contribution in [3.63, 3.8) is 0 Å². The predicted octanol–water partition coefficient (Wildman–Crippen LogP) is 1.08. The number of rotatable bonds is 2. The van der Waals surface area contributed by atoms with Crippen molar-refractivity contribution in [2.75, 3.05) is 7.11 Å². The summed E-state index contributed by atoms with van der Waals surface area (Å²) in [6.45, 7) is 0.689. The van der Waals surface area contributed by atoms with E-state index < -0.39 is 0 Å². The molecule has 98 valence electrons. The molecule has 1 aliphatic heterocycles. The van der Waals surface area contributed by atoms with Gasteiger partial charge in [-0.15, -0.1) is 5.10 Å². The topological polar surface area (TPSA) is 69.9 Å². The summed E-state index contributed by atoms with van der Waals surface area (Å²) >= 11 is 0. The van der Waals surface area contributed by atoms with E-state index in [1.54, 1.807) is 6.20 Å². The quantitative estimate of drug-likeness (QED) is 0.754. The minimum Gasteiger partial charge on any atom is -0.469 e. The van der Waals surface area contributed by atoms with Gasteiger partial charge in [-0.05, 0) is 18.6 Å². The van der Waals surface area contributed by atoms with Gasteiger partial charge in [-0.2, -0.15) is 0 Å². The molecule has 3 heterocycles. The number of aryl methyl sites for hydroxylation is 1. The zero-order chi connectivity index (χ0) is 13.2. The van der Waals surface area contributed by atoms with Crippen molar-refractivity contribution in [2.24, 2.45) is 5.92 Å². The highest BCUT2D eigenvalue weighted by Gasteiger charge is 2.28. The van der Waals surface area contributed by atoms with Crippen LogP contribution < -0.4 is 0 Å². The van der Waals surface area contributed by atoms with E-state index in [4.69, 9.17) is 4.74 Å². The Morgan fingerprint density at radius 2 is 2.37 bits per heavy atom. The lowest BCUT2D eigenvalue weighted by atomic mass is 9.98. The van der Waals surface area contributed by atoms with Crippen LogP contribution in [0, 0.1) is 5.92 Å². The standard InChI is InChI=1S/C13H14N4O2/c1-19-13(18)9-5-7-17-11(8-9)15-12(16-17)10-4-2-3-6-14-10/h2-4,6,9H,5,7-8H2,1H3. The van der Waals surface area contributed by atoms with Crippen LogP contribution in [-0.2, 0) is 22.5 Å². The Morgan fingerprint density at radius 1 is 1.47 bits per heavy atom. The minimum absolute atomic E-state index is 0.113. The maximum Gasteiger partial charge on any atom is 0.309 e. The SMILES string of the molecule is COC(=O)C1CCn2nc(-c3ccccn3)nc2C1. The maximum absolute atomic E-state index is 11.6. The zero-order valence-electron chi connectivity index (χ0n) is 10.6. The van der Waals surface area contributed by atoms with Gasteiger partial charge in [0, 0.05) is 19.2 Å². The van der Waals surface area contributed by atoms with E-state index in [1.807, 2.05) is 22.9 Å². The molecule has 0 fully saturated rings. The molecule has 3 rings (SSSR count). The first kappa shape index (κ1) is 11.8. The number of esters is 1. The van der Waals surface area contributed by atoms with Crippen LogP contribution in [0.25, 0.3) is 11.5 Å². The number of aromatic nitrogens is 4. The Morgan fingerprint density at radius 3 is 3.11 bits per heavy atom. The Balaban J connectivity index is 1.87. The molecule has 0 bridgehead atoms. The number of carbonyl (C=O) groups is 1. The molecule has 6 nitrogen and oxygen atoms in total. The molecule has 1 unspecified atom stereocenters. The summed E-state index contributed by atoms with van der Waals surface area (Å²) in [6.07, 6.45) is 3.03. The fraction of sp³-hybridized carbons (Fsp3) is 0.385.